The number of nitrogens with zero attached hydrogens (tertiary/aromatic N) is 1. The van der Waals surface area contributed by atoms with Crippen LogP contribution in [0, 0.1) is 6.92 Å². The normalized spacial score (nSPS) is 10.8. The number of fused-ring (bicyclic) bond motifs is 1. The van der Waals surface area contributed by atoms with E-state index in [1.807, 2.05) is 43.3 Å². The van der Waals surface area contributed by atoms with Crippen LogP contribution >= 0.6 is 31.9 Å². The van der Waals surface area contributed by atoms with Crippen LogP contribution < -0.4 is 5.32 Å². The Kier molecular flexibility index (Phi) is 4.87. The molecule has 122 valence electrons. The minimum atomic E-state index is -0.141. The van der Waals surface area contributed by atoms with Gasteiger partial charge in [-0.25, -0.2) is 0 Å². The lowest BCUT2D eigenvalue weighted by Crippen LogP contribution is -2.18. The van der Waals surface area contributed by atoms with E-state index in [1.54, 1.807) is 10.8 Å². The fourth-order valence-corrected chi connectivity index (χ4v) is 3.47. The Morgan fingerprint density at radius 1 is 1.17 bits per heavy atom. The predicted octanol–water partition coefficient (Wildman–Crippen LogP) is 4.93. The van der Waals surface area contributed by atoms with Crippen molar-refractivity contribution in [3.8, 4) is 0 Å². The number of hydrogen-bond donors (Lipinski definition) is 1. The van der Waals surface area contributed by atoms with E-state index in [4.69, 9.17) is 0 Å². The van der Waals surface area contributed by atoms with Crippen molar-refractivity contribution in [3.63, 3.8) is 0 Å². The van der Waals surface area contributed by atoms with Crippen LogP contribution in [0.3, 0.4) is 0 Å². The van der Waals surface area contributed by atoms with Crippen molar-refractivity contribution in [2.75, 3.05) is 5.32 Å². The second-order valence-corrected chi connectivity index (χ2v) is 7.33. The summed E-state index contributed by atoms with van der Waals surface area (Å²) in [6, 6.07) is 11.4. The minimum Gasteiger partial charge on any atom is -0.337 e. The van der Waals surface area contributed by atoms with Crippen LogP contribution in [0.25, 0.3) is 10.9 Å². The number of anilines is 1. The smallest absolute Gasteiger partial charge is 0.244 e. The van der Waals surface area contributed by atoms with Gasteiger partial charge in [0, 0.05) is 37.3 Å². The molecule has 0 aliphatic carbocycles. The summed E-state index contributed by atoms with van der Waals surface area (Å²) < 4.78 is 3.65. The summed E-state index contributed by atoms with van der Waals surface area (Å²) in [5.41, 5.74) is 3.17. The highest BCUT2D eigenvalue weighted by molar-refractivity contribution is 9.10. The van der Waals surface area contributed by atoms with Gasteiger partial charge in [-0.05, 0) is 48.9 Å². The number of amides is 1. The summed E-state index contributed by atoms with van der Waals surface area (Å²) in [5.74, 6) is -0.141. The molecule has 1 aromatic heterocycles. The van der Waals surface area contributed by atoms with Gasteiger partial charge in [-0.1, -0.05) is 31.9 Å². The number of aromatic nitrogens is 1. The highest BCUT2D eigenvalue weighted by Crippen LogP contribution is 2.25. The predicted molar refractivity (Wildman–Crippen MR) is 103 cm³/mol. The van der Waals surface area contributed by atoms with Crippen molar-refractivity contribution in [2.45, 2.75) is 13.5 Å². The van der Waals surface area contributed by atoms with Gasteiger partial charge in [-0.3, -0.25) is 9.59 Å². The average Bonchev–Trinajstić information content (AvgIpc) is 2.87. The summed E-state index contributed by atoms with van der Waals surface area (Å²) in [6.45, 7) is 2.08. The number of benzene rings is 2. The third-order valence-electron chi connectivity index (χ3n) is 3.78. The zero-order valence-corrected chi connectivity index (χ0v) is 16.0. The zero-order valence-electron chi connectivity index (χ0n) is 12.8. The van der Waals surface area contributed by atoms with Crippen molar-refractivity contribution in [2.24, 2.45) is 0 Å². The number of carbonyl (C=O) groups is 2. The molecule has 1 heterocycles. The van der Waals surface area contributed by atoms with Gasteiger partial charge < -0.3 is 9.88 Å². The number of halogens is 2. The molecule has 0 spiro atoms. The molecule has 0 unspecified atom stereocenters. The van der Waals surface area contributed by atoms with Crippen molar-refractivity contribution in [3.05, 3.63) is 62.7 Å². The lowest BCUT2D eigenvalue weighted by Gasteiger charge is -2.10. The zero-order chi connectivity index (χ0) is 17.3. The molecule has 0 saturated heterocycles. The second-order valence-electron chi connectivity index (χ2n) is 5.50. The van der Waals surface area contributed by atoms with Gasteiger partial charge in [0.1, 0.15) is 6.54 Å². The second kappa shape index (κ2) is 6.91. The molecular formula is C18H14Br2N2O2. The van der Waals surface area contributed by atoms with Gasteiger partial charge in [0.2, 0.25) is 5.91 Å². The molecule has 0 aliphatic heterocycles. The van der Waals surface area contributed by atoms with Crippen LogP contribution in [0.15, 0.2) is 51.5 Å². The van der Waals surface area contributed by atoms with Gasteiger partial charge in [-0.15, -0.1) is 0 Å². The molecule has 0 atom stereocenters. The molecule has 3 rings (SSSR count). The Bertz CT molecular complexity index is 948. The third kappa shape index (κ3) is 3.44. The van der Waals surface area contributed by atoms with Gasteiger partial charge in [-0.2, -0.15) is 0 Å². The molecule has 0 bridgehead atoms. The molecular weight excluding hydrogens is 436 g/mol. The molecule has 0 saturated carbocycles. The van der Waals surface area contributed by atoms with Crippen molar-refractivity contribution in [1.82, 2.24) is 4.57 Å². The SMILES string of the molecule is Cc1cc(Br)ccc1NC(=O)Cn1cc(C=O)c2cc(Br)ccc21. The van der Waals surface area contributed by atoms with Crippen LogP contribution in [0.4, 0.5) is 5.69 Å². The van der Waals surface area contributed by atoms with E-state index in [0.717, 1.165) is 37.4 Å². The average molecular weight is 450 g/mol. The fraction of sp³-hybridized carbons (Fsp3) is 0.111. The summed E-state index contributed by atoms with van der Waals surface area (Å²) in [7, 11) is 0. The quantitative estimate of drug-likeness (QED) is 0.574. The Hall–Kier alpha value is -1.92. The summed E-state index contributed by atoms with van der Waals surface area (Å²) in [6.07, 6.45) is 2.51. The minimum absolute atomic E-state index is 0.140. The monoisotopic (exact) mass is 448 g/mol. The number of aryl methyl sites for hydroxylation is 1. The fourth-order valence-electron chi connectivity index (χ4n) is 2.63. The molecule has 1 amide bonds. The van der Waals surface area contributed by atoms with Gasteiger partial charge in [0.25, 0.3) is 0 Å². The molecule has 2 aromatic carbocycles. The summed E-state index contributed by atoms with van der Waals surface area (Å²) in [5, 5.41) is 3.74. The number of nitrogens with one attached hydrogen (secondary N) is 1. The van der Waals surface area contributed by atoms with Crippen molar-refractivity contribution >= 4 is 60.6 Å². The lowest BCUT2D eigenvalue weighted by molar-refractivity contribution is -0.116. The van der Waals surface area contributed by atoms with Crippen molar-refractivity contribution in [1.29, 1.82) is 0 Å². The van der Waals surface area contributed by atoms with E-state index in [2.05, 4.69) is 37.2 Å². The van der Waals surface area contributed by atoms with Crippen LogP contribution in [-0.2, 0) is 11.3 Å². The van der Waals surface area contributed by atoms with Crippen LogP contribution in [0.2, 0.25) is 0 Å². The van der Waals surface area contributed by atoms with Crippen LogP contribution in [0.1, 0.15) is 15.9 Å². The molecule has 6 heteroatoms. The third-order valence-corrected chi connectivity index (χ3v) is 4.76. The first-order valence-corrected chi connectivity index (χ1v) is 8.86. The van der Waals surface area contributed by atoms with Gasteiger partial charge >= 0.3 is 0 Å². The maximum atomic E-state index is 12.4. The first kappa shape index (κ1) is 16.9. The molecule has 4 nitrogen and oxygen atoms in total. The topological polar surface area (TPSA) is 51.1 Å². The van der Waals surface area contributed by atoms with E-state index in [0.29, 0.717) is 5.56 Å². The largest absolute Gasteiger partial charge is 0.337 e. The summed E-state index contributed by atoms with van der Waals surface area (Å²) in [4.78, 5) is 23.7. The van der Waals surface area contributed by atoms with Crippen LogP contribution in [0.5, 0.6) is 0 Å². The highest BCUT2D eigenvalue weighted by Gasteiger charge is 2.12. The maximum absolute atomic E-state index is 12.4. The van der Waals surface area contributed by atoms with Crippen molar-refractivity contribution < 1.29 is 9.59 Å². The molecule has 3 aromatic rings. The standard InChI is InChI=1S/C18H14Br2N2O2/c1-11-6-13(19)2-4-16(11)21-18(24)9-22-8-12(10-23)15-7-14(20)3-5-17(15)22/h2-8,10H,9H2,1H3,(H,21,24). The number of hydrogen-bond acceptors (Lipinski definition) is 2. The van der Waals surface area contributed by atoms with E-state index in [-0.39, 0.29) is 12.5 Å². The Morgan fingerprint density at radius 2 is 1.88 bits per heavy atom. The van der Waals surface area contributed by atoms with Gasteiger partial charge in [0.05, 0.1) is 0 Å². The molecule has 1 N–H and O–H groups in total. The van der Waals surface area contributed by atoms with E-state index in [9.17, 15) is 9.59 Å². The first-order valence-electron chi connectivity index (χ1n) is 7.27. The van der Waals surface area contributed by atoms with Crippen LogP contribution in [-0.4, -0.2) is 16.8 Å². The lowest BCUT2D eigenvalue weighted by atomic mass is 10.2. The number of aldehydes is 1. The van der Waals surface area contributed by atoms with E-state index >= 15 is 0 Å². The van der Waals surface area contributed by atoms with E-state index < -0.39 is 0 Å². The highest BCUT2D eigenvalue weighted by atomic mass is 79.9. The Labute approximate surface area is 156 Å². The molecule has 0 radical (unpaired) electrons. The molecule has 24 heavy (non-hydrogen) atoms. The molecule has 0 aliphatic rings. The first-order chi connectivity index (χ1) is 11.5. The Balaban J connectivity index is 1.86. The molecule has 0 fully saturated rings. The van der Waals surface area contributed by atoms with Gasteiger partial charge in [0.15, 0.2) is 6.29 Å². The summed E-state index contributed by atoms with van der Waals surface area (Å²) >= 11 is 6.81. The maximum Gasteiger partial charge on any atom is 0.244 e. The van der Waals surface area contributed by atoms with E-state index in [1.165, 1.54) is 0 Å². The number of rotatable bonds is 4. The Morgan fingerprint density at radius 3 is 2.58 bits per heavy atom. The number of carbonyl (C=O) groups excluding carboxylic acids is 2.